The fourth-order valence-corrected chi connectivity index (χ4v) is 5.21. The Morgan fingerprint density at radius 1 is 1.12 bits per heavy atom. The van der Waals surface area contributed by atoms with E-state index in [4.69, 9.17) is 4.42 Å². The summed E-state index contributed by atoms with van der Waals surface area (Å²) in [6.07, 6.45) is 2.52. The average molecular weight is 454 g/mol. The molecule has 1 aliphatic heterocycles. The van der Waals surface area contributed by atoms with E-state index in [9.17, 15) is 18.0 Å². The summed E-state index contributed by atoms with van der Waals surface area (Å²) >= 11 is 0. The van der Waals surface area contributed by atoms with Gasteiger partial charge in [0.05, 0.1) is 4.90 Å². The summed E-state index contributed by atoms with van der Waals surface area (Å²) in [5, 5.41) is 6.30. The second-order valence-corrected chi connectivity index (χ2v) is 9.48. The molecule has 0 aliphatic carbocycles. The summed E-state index contributed by atoms with van der Waals surface area (Å²) in [5.74, 6) is -0.573. The zero-order valence-corrected chi connectivity index (χ0v) is 18.1. The van der Waals surface area contributed by atoms with Gasteiger partial charge in [0.1, 0.15) is 5.58 Å². The number of nitrogens with one attached hydrogen (secondary N) is 2. The first-order valence-electron chi connectivity index (χ1n) is 10.2. The number of benzene rings is 2. The maximum Gasteiger partial charge on any atom is 0.291 e. The molecule has 1 aliphatic rings. The maximum absolute atomic E-state index is 13.0. The van der Waals surface area contributed by atoms with Crippen molar-refractivity contribution in [3.63, 3.8) is 0 Å². The highest BCUT2D eigenvalue weighted by Crippen LogP contribution is 2.23. The van der Waals surface area contributed by atoms with Crippen molar-refractivity contribution >= 4 is 38.5 Å². The number of anilines is 1. The van der Waals surface area contributed by atoms with Gasteiger partial charge in [-0.1, -0.05) is 24.8 Å². The van der Waals surface area contributed by atoms with E-state index in [1.165, 1.54) is 34.6 Å². The number of carbonyl (C=O) groups is 2. The minimum Gasteiger partial charge on any atom is -0.451 e. The molecule has 0 saturated carbocycles. The molecule has 4 rings (SSSR count). The number of hydrogen-bond acceptors (Lipinski definition) is 5. The van der Waals surface area contributed by atoms with Gasteiger partial charge in [-0.3, -0.25) is 9.59 Å². The molecule has 0 spiro atoms. The molecule has 1 atom stereocenters. The molecule has 1 saturated heterocycles. The summed E-state index contributed by atoms with van der Waals surface area (Å²) < 4.78 is 33.0. The summed E-state index contributed by atoms with van der Waals surface area (Å²) in [5.41, 5.74) is 1.06. The lowest BCUT2D eigenvalue weighted by Crippen LogP contribution is -2.49. The standard InChI is InChI=1S/C23H23N3O5S/c1-2-22(27)24-18-7-5-13-26(15-18)32(29,30)19-11-9-17(10-12-19)25-23(28)21-14-16-6-3-4-8-20(16)31-21/h2-4,6,8-12,14,18H,1,5,7,13,15H2,(H,24,27)(H,25,28)/t18-/m0/s1. The van der Waals surface area contributed by atoms with Crippen molar-refractivity contribution in [2.45, 2.75) is 23.8 Å². The maximum atomic E-state index is 13.0. The van der Waals surface area contributed by atoms with Crippen molar-refractivity contribution in [1.29, 1.82) is 0 Å². The summed E-state index contributed by atoms with van der Waals surface area (Å²) in [6, 6.07) is 14.7. The number of amides is 2. The number of hydrogen-bond donors (Lipinski definition) is 2. The van der Waals surface area contributed by atoms with Crippen LogP contribution >= 0.6 is 0 Å². The van der Waals surface area contributed by atoms with Crippen LogP contribution in [0.4, 0.5) is 5.69 Å². The number of rotatable bonds is 6. The summed E-state index contributed by atoms with van der Waals surface area (Å²) in [6.45, 7) is 4.00. The lowest BCUT2D eigenvalue weighted by Gasteiger charge is -2.32. The molecule has 9 heteroatoms. The Bertz CT molecular complexity index is 1230. The van der Waals surface area contributed by atoms with E-state index in [1.54, 1.807) is 12.1 Å². The van der Waals surface area contributed by atoms with E-state index in [-0.39, 0.29) is 29.1 Å². The van der Waals surface area contributed by atoms with Crippen molar-refractivity contribution < 1.29 is 22.4 Å². The van der Waals surface area contributed by atoms with Gasteiger partial charge in [-0.15, -0.1) is 0 Å². The number of sulfonamides is 1. The Morgan fingerprint density at radius 2 is 1.88 bits per heavy atom. The van der Waals surface area contributed by atoms with Gasteiger partial charge >= 0.3 is 0 Å². The highest BCUT2D eigenvalue weighted by Gasteiger charge is 2.30. The van der Waals surface area contributed by atoms with Gasteiger partial charge < -0.3 is 15.1 Å². The topological polar surface area (TPSA) is 109 Å². The molecule has 166 valence electrons. The first-order valence-corrected chi connectivity index (χ1v) is 11.6. The van der Waals surface area contributed by atoms with Gasteiger partial charge in [0.2, 0.25) is 15.9 Å². The van der Waals surface area contributed by atoms with Crippen molar-refractivity contribution in [2.75, 3.05) is 18.4 Å². The predicted octanol–water partition coefficient (Wildman–Crippen LogP) is 3.14. The summed E-state index contributed by atoms with van der Waals surface area (Å²) in [4.78, 5) is 24.2. The Kier molecular flexibility index (Phi) is 6.11. The van der Waals surface area contributed by atoms with Crippen LogP contribution in [0.1, 0.15) is 23.4 Å². The van der Waals surface area contributed by atoms with Crippen LogP contribution in [0, 0.1) is 0 Å². The van der Waals surface area contributed by atoms with Gasteiger partial charge in [-0.05, 0) is 55.3 Å². The number of para-hydroxylation sites is 1. The van der Waals surface area contributed by atoms with Gasteiger partial charge in [0.15, 0.2) is 5.76 Å². The molecule has 3 aromatic rings. The zero-order chi connectivity index (χ0) is 22.7. The Hall–Kier alpha value is -3.43. The molecule has 1 fully saturated rings. The van der Waals surface area contributed by atoms with Crippen LogP contribution in [-0.4, -0.2) is 43.7 Å². The summed E-state index contributed by atoms with van der Waals surface area (Å²) in [7, 11) is -3.73. The number of fused-ring (bicyclic) bond motifs is 1. The van der Waals surface area contributed by atoms with Crippen molar-refractivity contribution in [1.82, 2.24) is 9.62 Å². The van der Waals surface area contributed by atoms with Gasteiger partial charge in [-0.2, -0.15) is 4.31 Å². The second kappa shape index (κ2) is 8.97. The lowest BCUT2D eigenvalue weighted by molar-refractivity contribution is -0.117. The second-order valence-electron chi connectivity index (χ2n) is 7.54. The molecule has 1 aromatic heterocycles. The van der Waals surface area contributed by atoms with Crippen molar-refractivity contribution in [3.05, 3.63) is 73.0 Å². The molecule has 2 amide bonds. The molecule has 32 heavy (non-hydrogen) atoms. The van der Waals surface area contributed by atoms with Crippen LogP contribution in [0.25, 0.3) is 11.0 Å². The largest absolute Gasteiger partial charge is 0.451 e. The number of carbonyl (C=O) groups excluding carboxylic acids is 2. The Morgan fingerprint density at radius 3 is 2.59 bits per heavy atom. The fraction of sp³-hybridized carbons (Fsp3) is 0.217. The minimum absolute atomic E-state index is 0.120. The quantitative estimate of drug-likeness (QED) is 0.558. The molecule has 2 N–H and O–H groups in total. The van der Waals surface area contributed by atoms with Gasteiger partial charge in [-0.25, -0.2) is 8.42 Å². The molecular formula is C23H23N3O5S. The third-order valence-electron chi connectivity index (χ3n) is 5.32. The van der Waals surface area contributed by atoms with Crippen LogP contribution in [0.5, 0.6) is 0 Å². The predicted molar refractivity (Wildman–Crippen MR) is 121 cm³/mol. The van der Waals surface area contributed by atoms with E-state index < -0.39 is 15.9 Å². The number of piperidine rings is 1. The van der Waals surface area contributed by atoms with Crippen LogP contribution in [0.2, 0.25) is 0 Å². The van der Waals surface area contributed by atoms with E-state index in [1.807, 2.05) is 18.2 Å². The average Bonchev–Trinajstić information content (AvgIpc) is 3.24. The third-order valence-corrected chi connectivity index (χ3v) is 7.19. The lowest BCUT2D eigenvalue weighted by atomic mass is 10.1. The molecular weight excluding hydrogens is 430 g/mol. The molecule has 2 aromatic carbocycles. The van der Waals surface area contributed by atoms with E-state index in [2.05, 4.69) is 17.2 Å². The zero-order valence-electron chi connectivity index (χ0n) is 17.3. The Labute approximate surface area is 185 Å². The molecule has 0 radical (unpaired) electrons. The van der Waals surface area contributed by atoms with Crippen LogP contribution in [-0.2, 0) is 14.8 Å². The normalized spacial score (nSPS) is 17.1. The van der Waals surface area contributed by atoms with E-state index in [0.717, 1.165) is 5.39 Å². The first-order chi connectivity index (χ1) is 15.4. The van der Waals surface area contributed by atoms with E-state index in [0.29, 0.717) is 30.7 Å². The highest BCUT2D eigenvalue weighted by atomic mass is 32.2. The SMILES string of the molecule is C=CC(=O)N[C@H]1CCCN(S(=O)(=O)c2ccc(NC(=O)c3cc4ccccc4o3)cc2)C1. The van der Waals surface area contributed by atoms with Crippen molar-refractivity contribution in [2.24, 2.45) is 0 Å². The van der Waals surface area contributed by atoms with Crippen LogP contribution in [0.3, 0.4) is 0 Å². The first kappa shape index (κ1) is 21.8. The van der Waals surface area contributed by atoms with E-state index >= 15 is 0 Å². The highest BCUT2D eigenvalue weighted by molar-refractivity contribution is 7.89. The monoisotopic (exact) mass is 453 g/mol. The number of furan rings is 1. The molecule has 0 bridgehead atoms. The van der Waals surface area contributed by atoms with Gasteiger partial charge in [0.25, 0.3) is 5.91 Å². The smallest absolute Gasteiger partial charge is 0.291 e. The molecule has 8 nitrogen and oxygen atoms in total. The number of nitrogens with zero attached hydrogens (tertiary/aromatic N) is 1. The van der Waals surface area contributed by atoms with Crippen LogP contribution in [0.15, 0.2) is 76.6 Å². The van der Waals surface area contributed by atoms with Crippen molar-refractivity contribution in [3.8, 4) is 0 Å². The fourth-order valence-electron chi connectivity index (χ4n) is 3.68. The molecule has 0 unspecified atom stereocenters. The Balaban J connectivity index is 1.44. The molecule has 2 heterocycles. The van der Waals surface area contributed by atoms with Gasteiger partial charge in [0, 0.05) is 30.2 Å². The minimum atomic E-state index is -3.73. The van der Waals surface area contributed by atoms with Crippen LogP contribution < -0.4 is 10.6 Å². The third kappa shape index (κ3) is 4.58.